The van der Waals surface area contributed by atoms with Crippen molar-refractivity contribution in [2.75, 3.05) is 12.4 Å². The molecule has 21 heavy (non-hydrogen) atoms. The van der Waals surface area contributed by atoms with Gasteiger partial charge in [-0.15, -0.1) is 12.4 Å². The summed E-state index contributed by atoms with van der Waals surface area (Å²) in [5.41, 5.74) is 5.79. The highest BCUT2D eigenvalue weighted by atomic mass is 35.5. The summed E-state index contributed by atoms with van der Waals surface area (Å²) in [7, 11) is 0. The van der Waals surface area contributed by atoms with Crippen LogP contribution < -0.4 is 10.5 Å². The standard InChI is InChI=1S/C14H15ClN2O2S.ClH/c15-11-3-5-12(6-4-11)19-8-9-20-14(16)17-10-13-2-1-7-18-13;/h1-7H,8-10H2,(H2,16,17);1H. The molecule has 7 heteroatoms. The Bertz CT molecular complexity index is 545. The lowest BCUT2D eigenvalue weighted by Crippen LogP contribution is -2.10. The molecule has 1 aromatic heterocycles. The second-order valence-electron chi connectivity index (χ2n) is 3.88. The first-order valence-electron chi connectivity index (χ1n) is 6.07. The molecule has 1 aromatic carbocycles. The molecule has 0 aliphatic heterocycles. The first-order chi connectivity index (χ1) is 9.74. The minimum atomic E-state index is 0. The van der Waals surface area contributed by atoms with Crippen LogP contribution in [0.1, 0.15) is 5.76 Å². The van der Waals surface area contributed by atoms with Gasteiger partial charge in [-0.25, -0.2) is 0 Å². The fraction of sp³-hybridized carbons (Fsp3) is 0.214. The van der Waals surface area contributed by atoms with Gasteiger partial charge in [0, 0.05) is 10.8 Å². The summed E-state index contributed by atoms with van der Waals surface area (Å²) in [5, 5.41) is 1.22. The third-order valence-corrected chi connectivity index (χ3v) is 3.43. The molecule has 2 N–H and O–H groups in total. The lowest BCUT2D eigenvalue weighted by molar-refractivity contribution is 0.344. The van der Waals surface area contributed by atoms with Gasteiger partial charge in [-0.2, -0.15) is 0 Å². The van der Waals surface area contributed by atoms with Crippen LogP contribution in [0.15, 0.2) is 52.1 Å². The predicted octanol–water partition coefficient (Wildman–Crippen LogP) is 3.98. The molecule has 0 atom stereocenters. The van der Waals surface area contributed by atoms with E-state index in [1.54, 1.807) is 18.4 Å². The molecular formula is C14H16Cl2N2O2S. The molecule has 2 rings (SSSR count). The van der Waals surface area contributed by atoms with Crippen molar-refractivity contribution in [2.24, 2.45) is 10.7 Å². The van der Waals surface area contributed by atoms with E-state index in [1.165, 1.54) is 11.8 Å². The van der Waals surface area contributed by atoms with Crippen molar-refractivity contribution in [3.8, 4) is 5.75 Å². The minimum absolute atomic E-state index is 0. The number of hydrogen-bond donors (Lipinski definition) is 1. The average molecular weight is 347 g/mol. The summed E-state index contributed by atoms with van der Waals surface area (Å²) in [6.07, 6.45) is 1.62. The molecule has 4 nitrogen and oxygen atoms in total. The summed E-state index contributed by atoms with van der Waals surface area (Å²) >= 11 is 7.25. The number of hydrogen-bond acceptors (Lipinski definition) is 4. The number of aliphatic imine (C=N–C) groups is 1. The summed E-state index contributed by atoms with van der Waals surface area (Å²) in [4.78, 5) is 4.21. The molecule has 0 aliphatic carbocycles. The number of ether oxygens (including phenoxy) is 1. The number of nitrogens with zero attached hydrogens (tertiary/aromatic N) is 1. The third-order valence-electron chi connectivity index (χ3n) is 2.39. The van der Waals surface area contributed by atoms with E-state index in [2.05, 4.69) is 4.99 Å². The van der Waals surface area contributed by atoms with E-state index in [1.807, 2.05) is 24.3 Å². The maximum atomic E-state index is 5.79. The van der Waals surface area contributed by atoms with Gasteiger partial charge >= 0.3 is 0 Å². The quantitative estimate of drug-likeness (QED) is 0.488. The van der Waals surface area contributed by atoms with Crippen molar-refractivity contribution in [2.45, 2.75) is 6.54 Å². The third kappa shape index (κ3) is 6.80. The molecule has 0 bridgehead atoms. The lowest BCUT2D eigenvalue weighted by atomic mass is 10.3. The zero-order chi connectivity index (χ0) is 14.2. The number of amidine groups is 1. The number of benzene rings is 1. The van der Waals surface area contributed by atoms with Gasteiger partial charge in [0.15, 0.2) is 5.17 Å². The van der Waals surface area contributed by atoms with Crippen molar-refractivity contribution in [3.05, 3.63) is 53.4 Å². The number of nitrogens with two attached hydrogens (primary N) is 1. The second-order valence-corrected chi connectivity index (χ2v) is 5.44. The SMILES string of the molecule is Cl.NC(=NCc1ccco1)SCCOc1ccc(Cl)cc1. The van der Waals surface area contributed by atoms with E-state index in [9.17, 15) is 0 Å². The van der Waals surface area contributed by atoms with Crippen LogP contribution in [-0.2, 0) is 6.54 Å². The average Bonchev–Trinajstić information content (AvgIpc) is 2.96. The molecular weight excluding hydrogens is 331 g/mol. The molecule has 0 radical (unpaired) electrons. The van der Waals surface area contributed by atoms with Crippen molar-refractivity contribution in [1.29, 1.82) is 0 Å². The predicted molar refractivity (Wildman–Crippen MR) is 90.7 cm³/mol. The second kappa shape index (κ2) is 9.60. The Balaban J connectivity index is 0.00000220. The number of thioether (sulfide) groups is 1. The van der Waals surface area contributed by atoms with Gasteiger partial charge in [0.2, 0.25) is 0 Å². The van der Waals surface area contributed by atoms with E-state index in [0.717, 1.165) is 17.3 Å². The maximum absolute atomic E-state index is 5.79. The molecule has 0 fully saturated rings. The number of rotatable bonds is 6. The largest absolute Gasteiger partial charge is 0.493 e. The van der Waals surface area contributed by atoms with Crippen molar-refractivity contribution in [1.82, 2.24) is 0 Å². The first kappa shape index (κ1) is 17.8. The normalized spacial score (nSPS) is 11.0. The highest BCUT2D eigenvalue weighted by molar-refractivity contribution is 8.13. The Labute approximate surface area is 139 Å². The van der Waals surface area contributed by atoms with Gasteiger partial charge in [0.25, 0.3) is 0 Å². The fourth-order valence-corrected chi connectivity index (χ4v) is 2.10. The van der Waals surface area contributed by atoms with Gasteiger partial charge < -0.3 is 14.9 Å². The molecule has 1 heterocycles. The molecule has 0 saturated heterocycles. The van der Waals surface area contributed by atoms with E-state index >= 15 is 0 Å². The van der Waals surface area contributed by atoms with Crippen molar-refractivity contribution < 1.29 is 9.15 Å². The minimum Gasteiger partial charge on any atom is -0.493 e. The Morgan fingerprint density at radius 1 is 1.29 bits per heavy atom. The molecule has 0 aliphatic rings. The Morgan fingerprint density at radius 3 is 2.71 bits per heavy atom. The Morgan fingerprint density at radius 2 is 2.05 bits per heavy atom. The van der Waals surface area contributed by atoms with Gasteiger partial charge in [-0.3, -0.25) is 4.99 Å². The van der Waals surface area contributed by atoms with E-state index in [4.69, 9.17) is 26.5 Å². The molecule has 2 aromatic rings. The van der Waals surface area contributed by atoms with Crippen LogP contribution >= 0.6 is 35.8 Å². The highest BCUT2D eigenvalue weighted by Crippen LogP contribution is 2.15. The van der Waals surface area contributed by atoms with Crippen molar-refractivity contribution >= 4 is 40.9 Å². The zero-order valence-electron chi connectivity index (χ0n) is 11.2. The lowest BCUT2D eigenvalue weighted by Gasteiger charge is -2.05. The monoisotopic (exact) mass is 346 g/mol. The van der Waals surface area contributed by atoms with E-state index in [-0.39, 0.29) is 12.4 Å². The van der Waals surface area contributed by atoms with Gasteiger partial charge in [-0.05, 0) is 36.4 Å². The highest BCUT2D eigenvalue weighted by Gasteiger charge is 1.98. The Kier molecular flexibility index (Phi) is 8.12. The summed E-state index contributed by atoms with van der Waals surface area (Å²) < 4.78 is 10.7. The van der Waals surface area contributed by atoms with Crippen LogP contribution in [0.4, 0.5) is 0 Å². The number of furan rings is 1. The van der Waals surface area contributed by atoms with Crippen LogP contribution in [0.2, 0.25) is 5.02 Å². The van der Waals surface area contributed by atoms with E-state index in [0.29, 0.717) is 23.3 Å². The summed E-state index contributed by atoms with van der Waals surface area (Å²) in [6, 6.07) is 11.0. The van der Waals surface area contributed by atoms with Gasteiger partial charge in [-0.1, -0.05) is 23.4 Å². The molecule has 114 valence electrons. The summed E-state index contributed by atoms with van der Waals surface area (Å²) in [5.74, 6) is 2.32. The fourth-order valence-electron chi connectivity index (χ4n) is 1.44. The zero-order valence-corrected chi connectivity index (χ0v) is 13.6. The van der Waals surface area contributed by atoms with Crippen LogP contribution in [0, 0.1) is 0 Å². The first-order valence-corrected chi connectivity index (χ1v) is 7.44. The molecule has 0 spiro atoms. The smallest absolute Gasteiger partial charge is 0.154 e. The number of halogens is 2. The molecule has 0 unspecified atom stereocenters. The topological polar surface area (TPSA) is 60.8 Å². The van der Waals surface area contributed by atoms with Gasteiger partial charge in [0.1, 0.15) is 11.5 Å². The summed E-state index contributed by atoms with van der Waals surface area (Å²) in [6.45, 7) is 1.02. The van der Waals surface area contributed by atoms with Crippen molar-refractivity contribution in [3.63, 3.8) is 0 Å². The van der Waals surface area contributed by atoms with Gasteiger partial charge in [0.05, 0.1) is 19.4 Å². The van der Waals surface area contributed by atoms with Crippen LogP contribution in [0.3, 0.4) is 0 Å². The Hall–Kier alpha value is -1.30. The van der Waals surface area contributed by atoms with E-state index < -0.39 is 0 Å². The van der Waals surface area contributed by atoms with Crippen LogP contribution in [0.5, 0.6) is 5.75 Å². The molecule has 0 amide bonds. The molecule has 0 saturated carbocycles. The van der Waals surface area contributed by atoms with Crippen LogP contribution in [-0.4, -0.2) is 17.5 Å². The van der Waals surface area contributed by atoms with Crippen LogP contribution in [0.25, 0.3) is 0 Å². The maximum Gasteiger partial charge on any atom is 0.154 e.